The van der Waals surface area contributed by atoms with Gasteiger partial charge in [0.15, 0.2) is 5.82 Å². The Morgan fingerprint density at radius 1 is 1.11 bits per heavy atom. The van der Waals surface area contributed by atoms with Gasteiger partial charge in [-0.05, 0) is 19.3 Å². The molecular weight excluding hydrogens is 248 g/mol. The van der Waals surface area contributed by atoms with Gasteiger partial charge in [-0.1, -0.05) is 24.2 Å². The molecule has 5 nitrogen and oxygen atoms in total. The maximum atomic E-state index is 5.44. The first-order chi connectivity index (χ1) is 8.92. The summed E-state index contributed by atoms with van der Waals surface area (Å²) in [4.78, 5) is 0.943. The highest BCUT2D eigenvalue weighted by Gasteiger charge is 2.27. The third-order valence-electron chi connectivity index (χ3n) is 4.03. The maximum Gasteiger partial charge on any atom is 0.234 e. The topological polar surface area (TPSA) is 52.3 Å². The van der Waals surface area contributed by atoms with Gasteiger partial charge in [0.05, 0.1) is 6.61 Å². The molecule has 0 unspecified atom stereocenters. The van der Waals surface area contributed by atoms with Crippen molar-refractivity contribution in [2.24, 2.45) is 0 Å². The van der Waals surface area contributed by atoms with Crippen LogP contribution in [0.15, 0.2) is 0 Å². The molecule has 2 aromatic rings. The summed E-state index contributed by atoms with van der Waals surface area (Å²) in [6, 6.07) is 0. The van der Waals surface area contributed by atoms with Crippen molar-refractivity contribution < 1.29 is 4.74 Å². The molecular formula is C12H16N4OS. The van der Waals surface area contributed by atoms with E-state index in [1.54, 1.807) is 11.3 Å². The minimum Gasteiger partial charge on any atom is -0.381 e. The number of hydrogen-bond acceptors (Lipinski definition) is 5. The van der Waals surface area contributed by atoms with Crippen molar-refractivity contribution in [3.05, 3.63) is 10.8 Å². The molecule has 1 saturated carbocycles. The second kappa shape index (κ2) is 4.28. The predicted octanol–water partition coefficient (Wildman–Crippen LogP) is 2.35. The van der Waals surface area contributed by atoms with Crippen LogP contribution in [0.3, 0.4) is 0 Å². The monoisotopic (exact) mass is 264 g/mol. The van der Waals surface area contributed by atoms with Crippen LogP contribution >= 0.6 is 11.3 Å². The van der Waals surface area contributed by atoms with E-state index in [1.807, 2.05) is 4.52 Å². The summed E-state index contributed by atoms with van der Waals surface area (Å²) < 4.78 is 7.42. The van der Waals surface area contributed by atoms with Crippen LogP contribution in [0.25, 0.3) is 4.96 Å². The maximum absolute atomic E-state index is 5.44. The van der Waals surface area contributed by atoms with Crippen molar-refractivity contribution in [2.75, 3.05) is 13.2 Å². The molecule has 6 heteroatoms. The summed E-state index contributed by atoms with van der Waals surface area (Å²) in [5, 5.41) is 14.5. The third kappa shape index (κ3) is 1.66. The first-order valence-corrected chi connectivity index (χ1v) is 7.53. The fourth-order valence-corrected chi connectivity index (χ4v) is 3.94. The van der Waals surface area contributed by atoms with Gasteiger partial charge in [0, 0.05) is 18.4 Å². The highest BCUT2D eigenvalue weighted by Crippen LogP contribution is 2.35. The van der Waals surface area contributed by atoms with E-state index in [-0.39, 0.29) is 0 Å². The highest BCUT2D eigenvalue weighted by molar-refractivity contribution is 7.16. The first-order valence-electron chi connectivity index (χ1n) is 6.71. The van der Waals surface area contributed by atoms with Crippen LogP contribution < -0.4 is 0 Å². The lowest BCUT2D eigenvalue weighted by molar-refractivity contribution is 0.193. The summed E-state index contributed by atoms with van der Waals surface area (Å²) in [5.74, 6) is 2.10. The fraction of sp³-hybridized carbons (Fsp3) is 0.750. The summed E-state index contributed by atoms with van der Waals surface area (Å²) in [6.45, 7) is 1.67. The van der Waals surface area contributed by atoms with Crippen molar-refractivity contribution in [3.63, 3.8) is 0 Å². The first kappa shape index (κ1) is 10.9. The van der Waals surface area contributed by atoms with Gasteiger partial charge in [-0.25, -0.2) is 0 Å². The average Bonchev–Trinajstić information content (AvgIpc) is 3.13. The SMILES string of the molecule is C1CCC(c2nnc3sc([C@H]4CCOC4)nn23)C1. The Labute approximate surface area is 109 Å². The van der Waals surface area contributed by atoms with Gasteiger partial charge >= 0.3 is 0 Å². The largest absolute Gasteiger partial charge is 0.381 e. The number of fused-ring (bicyclic) bond motifs is 1. The summed E-state index contributed by atoms with van der Waals surface area (Å²) in [7, 11) is 0. The average molecular weight is 264 g/mol. The lowest BCUT2D eigenvalue weighted by Gasteiger charge is -2.04. The minimum absolute atomic E-state index is 0.466. The Bertz CT molecular complexity index is 551. The second-order valence-electron chi connectivity index (χ2n) is 5.23. The Hall–Kier alpha value is -1.01. The molecule has 1 saturated heterocycles. The van der Waals surface area contributed by atoms with Crippen molar-refractivity contribution in [2.45, 2.75) is 43.9 Å². The standard InChI is InChI=1S/C12H16N4OS/c1-2-4-8(3-1)10-13-14-12-16(10)15-11(18-12)9-5-6-17-7-9/h8-9H,1-7H2/t9-/m0/s1. The van der Waals surface area contributed by atoms with Crippen LogP contribution in [0, 0.1) is 0 Å². The molecule has 4 rings (SSSR count). The molecule has 0 N–H and O–H groups in total. The van der Waals surface area contributed by atoms with E-state index in [0.717, 1.165) is 35.4 Å². The van der Waals surface area contributed by atoms with Crippen molar-refractivity contribution in [1.82, 2.24) is 19.8 Å². The molecule has 3 heterocycles. The smallest absolute Gasteiger partial charge is 0.234 e. The molecule has 2 aromatic heterocycles. The van der Waals surface area contributed by atoms with E-state index in [2.05, 4.69) is 10.2 Å². The zero-order valence-corrected chi connectivity index (χ0v) is 11.0. The highest BCUT2D eigenvalue weighted by atomic mass is 32.1. The van der Waals surface area contributed by atoms with Gasteiger partial charge in [0.25, 0.3) is 0 Å². The van der Waals surface area contributed by atoms with Crippen LogP contribution in [0.2, 0.25) is 0 Å². The quantitative estimate of drug-likeness (QED) is 0.835. The Balaban J connectivity index is 1.71. The van der Waals surface area contributed by atoms with E-state index < -0.39 is 0 Å². The van der Waals surface area contributed by atoms with E-state index >= 15 is 0 Å². The minimum atomic E-state index is 0.466. The van der Waals surface area contributed by atoms with Crippen LogP contribution in [0.1, 0.15) is 54.8 Å². The lowest BCUT2D eigenvalue weighted by Crippen LogP contribution is -2.03. The van der Waals surface area contributed by atoms with Crippen LogP contribution in [0.4, 0.5) is 0 Å². The van der Waals surface area contributed by atoms with Crippen molar-refractivity contribution in [1.29, 1.82) is 0 Å². The van der Waals surface area contributed by atoms with Gasteiger partial charge in [-0.2, -0.15) is 9.61 Å². The molecule has 1 aliphatic heterocycles. The van der Waals surface area contributed by atoms with Crippen LogP contribution in [0.5, 0.6) is 0 Å². The number of rotatable bonds is 2. The van der Waals surface area contributed by atoms with Crippen molar-refractivity contribution >= 4 is 16.3 Å². The van der Waals surface area contributed by atoms with Crippen LogP contribution in [-0.4, -0.2) is 33.0 Å². The van der Waals surface area contributed by atoms with E-state index in [4.69, 9.17) is 9.84 Å². The second-order valence-corrected chi connectivity index (χ2v) is 6.22. The molecule has 1 atom stereocenters. The number of hydrogen-bond donors (Lipinski definition) is 0. The van der Waals surface area contributed by atoms with E-state index in [9.17, 15) is 0 Å². The van der Waals surface area contributed by atoms with E-state index in [1.165, 1.54) is 25.7 Å². The van der Waals surface area contributed by atoms with Gasteiger partial charge in [-0.15, -0.1) is 10.2 Å². The molecule has 0 radical (unpaired) electrons. The molecule has 1 aliphatic carbocycles. The predicted molar refractivity (Wildman–Crippen MR) is 68.0 cm³/mol. The lowest BCUT2D eigenvalue weighted by atomic mass is 10.1. The molecule has 18 heavy (non-hydrogen) atoms. The summed E-state index contributed by atoms with van der Waals surface area (Å²) >= 11 is 1.67. The number of ether oxygens (including phenoxy) is 1. The Morgan fingerprint density at radius 3 is 2.78 bits per heavy atom. The fourth-order valence-electron chi connectivity index (χ4n) is 2.98. The Morgan fingerprint density at radius 2 is 2.00 bits per heavy atom. The molecule has 0 bridgehead atoms. The van der Waals surface area contributed by atoms with Gasteiger partial charge in [0.2, 0.25) is 4.96 Å². The van der Waals surface area contributed by atoms with E-state index in [0.29, 0.717) is 11.8 Å². The van der Waals surface area contributed by atoms with Gasteiger partial charge in [0.1, 0.15) is 5.01 Å². The molecule has 2 aliphatic rings. The van der Waals surface area contributed by atoms with Crippen LogP contribution in [-0.2, 0) is 4.74 Å². The molecule has 96 valence electrons. The zero-order chi connectivity index (χ0) is 11.9. The van der Waals surface area contributed by atoms with Gasteiger partial charge < -0.3 is 4.74 Å². The summed E-state index contributed by atoms with van der Waals surface area (Å²) in [5.41, 5.74) is 0. The third-order valence-corrected chi connectivity index (χ3v) is 5.09. The molecule has 0 aromatic carbocycles. The number of nitrogens with zero attached hydrogens (tertiary/aromatic N) is 4. The normalized spacial score (nSPS) is 25.4. The van der Waals surface area contributed by atoms with Gasteiger partial charge in [-0.3, -0.25) is 0 Å². The van der Waals surface area contributed by atoms with Crippen molar-refractivity contribution in [3.8, 4) is 0 Å². The Kier molecular flexibility index (Phi) is 2.58. The number of aromatic nitrogens is 4. The summed E-state index contributed by atoms with van der Waals surface area (Å²) in [6.07, 6.45) is 6.18. The molecule has 0 spiro atoms. The molecule has 0 amide bonds. The zero-order valence-electron chi connectivity index (χ0n) is 10.2. The molecule has 2 fully saturated rings.